The average Bonchev–Trinajstić information content (AvgIpc) is 2.80. The number of nitrogens with zero attached hydrogens (tertiary/aromatic N) is 4. The van der Waals surface area contributed by atoms with Gasteiger partial charge >= 0.3 is 11.9 Å². The van der Waals surface area contributed by atoms with Crippen molar-refractivity contribution in [3.8, 4) is 11.6 Å². The first-order valence-corrected chi connectivity index (χ1v) is 10.4. The maximum Gasteiger partial charge on any atom is 0.328 e. The first-order valence-electron chi connectivity index (χ1n) is 10.4. The average molecular weight is 450 g/mol. The van der Waals surface area contributed by atoms with Crippen LogP contribution in [-0.2, 0) is 9.59 Å². The monoisotopic (exact) mass is 450 g/mol. The van der Waals surface area contributed by atoms with E-state index in [0.29, 0.717) is 18.0 Å². The summed E-state index contributed by atoms with van der Waals surface area (Å²) in [6.07, 6.45) is 1.12. The van der Waals surface area contributed by atoms with Crippen LogP contribution in [0.25, 0.3) is 10.9 Å². The van der Waals surface area contributed by atoms with Gasteiger partial charge in [-0.15, -0.1) is 0 Å². The predicted octanol–water partition coefficient (Wildman–Crippen LogP) is 3.19. The molecular weight excluding hydrogens is 424 g/mol. The molecule has 1 aliphatic heterocycles. The Morgan fingerprint density at radius 1 is 0.909 bits per heavy atom. The number of fused-ring (bicyclic) bond motifs is 1. The third kappa shape index (κ3) is 7.01. The van der Waals surface area contributed by atoms with Gasteiger partial charge in [0, 0.05) is 38.3 Å². The summed E-state index contributed by atoms with van der Waals surface area (Å²) in [4.78, 5) is 33.2. The van der Waals surface area contributed by atoms with Crippen LogP contribution in [0.2, 0.25) is 0 Å². The lowest BCUT2D eigenvalue weighted by Crippen LogP contribution is -2.45. The van der Waals surface area contributed by atoms with Crippen molar-refractivity contribution in [3.63, 3.8) is 0 Å². The van der Waals surface area contributed by atoms with Crippen LogP contribution in [0.3, 0.4) is 0 Å². The van der Waals surface area contributed by atoms with Gasteiger partial charge in [-0.1, -0.05) is 29.8 Å². The minimum Gasteiger partial charge on any atom is -0.478 e. The van der Waals surface area contributed by atoms with Crippen LogP contribution in [-0.4, -0.2) is 70.2 Å². The molecule has 1 fully saturated rings. The molecule has 0 amide bonds. The Morgan fingerprint density at radius 2 is 1.52 bits per heavy atom. The van der Waals surface area contributed by atoms with Crippen molar-refractivity contribution in [2.24, 2.45) is 0 Å². The standard InChI is InChI=1S/C20H22N4O.C4H4O4/c1-15-7-9-16(10-8-15)25-19-17-5-3-4-6-18(17)21-20(22-19)24-13-11-23(2)12-14-24;5-3(6)1-2-4(7)8/h3-10H,11-14H2,1-2H3;1-2H,(H,5,6)(H,7,8)/b;2-1+. The minimum absolute atomic E-state index is 0.558. The van der Waals surface area contributed by atoms with Gasteiger partial charge in [-0.25, -0.2) is 14.6 Å². The quantitative estimate of drug-likeness (QED) is 0.565. The zero-order valence-corrected chi connectivity index (χ0v) is 18.5. The molecule has 0 atom stereocenters. The van der Waals surface area contributed by atoms with Crippen LogP contribution in [0.4, 0.5) is 5.95 Å². The number of aliphatic carboxylic acids is 2. The number of benzene rings is 2. The van der Waals surface area contributed by atoms with Crippen molar-refractivity contribution in [1.29, 1.82) is 0 Å². The Morgan fingerprint density at radius 3 is 2.12 bits per heavy atom. The number of carboxylic acids is 2. The van der Waals surface area contributed by atoms with E-state index in [9.17, 15) is 9.59 Å². The topological polar surface area (TPSA) is 116 Å². The molecule has 0 radical (unpaired) electrons. The van der Waals surface area contributed by atoms with Crippen molar-refractivity contribution in [2.75, 3.05) is 38.1 Å². The Hall–Kier alpha value is -3.98. The van der Waals surface area contributed by atoms with Gasteiger partial charge in [0.2, 0.25) is 11.8 Å². The van der Waals surface area contributed by atoms with Crippen molar-refractivity contribution in [1.82, 2.24) is 14.9 Å². The maximum atomic E-state index is 9.55. The summed E-state index contributed by atoms with van der Waals surface area (Å²) in [5, 5.41) is 16.6. The number of aryl methyl sites for hydroxylation is 1. The van der Waals surface area contributed by atoms with Gasteiger partial charge in [-0.2, -0.15) is 4.98 Å². The number of para-hydroxylation sites is 1. The highest BCUT2D eigenvalue weighted by molar-refractivity contribution is 5.89. The van der Waals surface area contributed by atoms with E-state index in [2.05, 4.69) is 23.8 Å². The highest BCUT2D eigenvalue weighted by Crippen LogP contribution is 2.29. The van der Waals surface area contributed by atoms with E-state index in [1.54, 1.807) is 0 Å². The van der Waals surface area contributed by atoms with Gasteiger partial charge in [0.05, 0.1) is 10.9 Å². The lowest BCUT2D eigenvalue weighted by Gasteiger charge is -2.32. The number of rotatable bonds is 5. The van der Waals surface area contributed by atoms with Crippen LogP contribution in [0.1, 0.15) is 5.56 Å². The fraction of sp³-hybridized carbons (Fsp3) is 0.250. The number of hydrogen-bond donors (Lipinski definition) is 2. The second-order valence-corrected chi connectivity index (χ2v) is 7.56. The first-order chi connectivity index (χ1) is 15.8. The lowest BCUT2D eigenvalue weighted by atomic mass is 10.2. The van der Waals surface area contributed by atoms with Gasteiger partial charge in [-0.05, 0) is 38.2 Å². The molecule has 9 nitrogen and oxygen atoms in total. The van der Waals surface area contributed by atoms with Crippen LogP contribution in [0, 0.1) is 6.92 Å². The third-order valence-electron chi connectivity index (χ3n) is 4.95. The minimum atomic E-state index is -1.26. The molecule has 0 spiro atoms. The van der Waals surface area contributed by atoms with Gasteiger partial charge in [-0.3, -0.25) is 0 Å². The van der Waals surface area contributed by atoms with E-state index < -0.39 is 11.9 Å². The molecule has 33 heavy (non-hydrogen) atoms. The Kier molecular flexibility index (Phi) is 7.93. The van der Waals surface area contributed by atoms with Gasteiger partial charge in [0.25, 0.3) is 0 Å². The van der Waals surface area contributed by atoms with Gasteiger partial charge < -0.3 is 24.7 Å². The molecule has 0 unspecified atom stereocenters. The smallest absolute Gasteiger partial charge is 0.328 e. The summed E-state index contributed by atoms with van der Waals surface area (Å²) in [5.74, 6) is -0.365. The van der Waals surface area contributed by atoms with Crippen LogP contribution in [0.15, 0.2) is 60.7 Å². The van der Waals surface area contributed by atoms with E-state index in [1.165, 1.54) is 5.56 Å². The molecule has 0 aliphatic carbocycles. The van der Waals surface area contributed by atoms with Gasteiger partial charge in [0.15, 0.2) is 0 Å². The zero-order valence-electron chi connectivity index (χ0n) is 18.5. The van der Waals surface area contributed by atoms with Crippen molar-refractivity contribution in [3.05, 3.63) is 66.2 Å². The summed E-state index contributed by atoms with van der Waals surface area (Å²) < 4.78 is 6.11. The van der Waals surface area contributed by atoms with Gasteiger partial charge in [0.1, 0.15) is 5.75 Å². The molecule has 4 rings (SSSR count). The number of aromatic nitrogens is 2. The molecule has 2 heterocycles. The van der Waals surface area contributed by atoms with Crippen molar-refractivity contribution in [2.45, 2.75) is 6.92 Å². The molecule has 1 aliphatic rings. The molecule has 9 heteroatoms. The molecule has 1 aromatic heterocycles. The summed E-state index contributed by atoms with van der Waals surface area (Å²) in [6, 6.07) is 16.0. The zero-order chi connectivity index (χ0) is 23.8. The second kappa shape index (κ2) is 11.1. The molecule has 2 aromatic carbocycles. The number of carboxylic acid groups (broad SMARTS) is 2. The summed E-state index contributed by atoms with van der Waals surface area (Å²) >= 11 is 0. The number of ether oxygens (including phenoxy) is 1. The molecule has 0 bridgehead atoms. The summed E-state index contributed by atoms with van der Waals surface area (Å²) in [6.45, 7) is 5.96. The number of likely N-dealkylation sites (N-methyl/N-ethyl adjacent to an activating group) is 1. The fourth-order valence-corrected chi connectivity index (χ4v) is 3.12. The maximum absolute atomic E-state index is 9.55. The number of piperazine rings is 1. The number of carbonyl (C=O) groups is 2. The highest BCUT2D eigenvalue weighted by Gasteiger charge is 2.19. The molecule has 1 saturated heterocycles. The van der Waals surface area contributed by atoms with E-state index in [0.717, 1.165) is 48.8 Å². The fourth-order valence-electron chi connectivity index (χ4n) is 3.12. The second-order valence-electron chi connectivity index (χ2n) is 7.56. The first kappa shape index (κ1) is 23.7. The Balaban J connectivity index is 0.000000331. The van der Waals surface area contributed by atoms with E-state index in [4.69, 9.17) is 24.9 Å². The highest BCUT2D eigenvalue weighted by atomic mass is 16.5. The van der Waals surface area contributed by atoms with Crippen LogP contribution >= 0.6 is 0 Å². The van der Waals surface area contributed by atoms with E-state index in [1.807, 2.05) is 48.5 Å². The Labute approximate surface area is 191 Å². The largest absolute Gasteiger partial charge is 0.478 e. The van der Waals surface area contributed by atoms with Crippen LogP contribution in [0.5, 0.6) is 11.6 Å². The number of anilines is 1. The van der Waals surface area contributed by atoms with Crippen LogP contribution < -0.4 is 9.64 Å². The third-order valence-corrected chi connectivity index (χ3v) is 4.95. The molecule has 2 N–H and O–H groups in total. The normalized spacial score (nSPS) is 14.1. The lowest BCUT2D eigenvalue weighted by molar-refractivity contribution is -0.134. The Bertz CT molecular complexity index is 1120. The van der Waals surface area contributed by atoms with E-state index in [-0.39, 0.29) is 0 Å². The molecule has 0 saturated carbocycles. The molecule has 3 aromatic rings. The predicted molar refractivity (Wildman–Crippen MR) is 125 cm³/mol. The van der Waals surface area contributed by atoms with Crippen molar-refractivity contribution >= 4 is 28.8 Å². The molecular formula is C24H26N4O5. The van der Waals surface area contributed by atoms with Crippen molar-refractivity contribution < 1.29 is 24.5 Å². The molecule has 172 valence electrons. The van der Waals surface area contributed by atoms with E-state index >= 15 is 0 Å². The summed E-state index contributed by atoms with van der Waals surface area (Å²) in [5.41, 5.74) is 2.12. The number of hydrogen-bond acceptors (Lipinski definition) is 7. The SMILES string of the molecule is Cc1ccc(Oc2nc(N3CCN(C)CC3)nc3ccccc23)cc1.O=C(O)/C=C/C(=O)O. The summed E-state index contributed by atoms with van der Waals surface area (Å²) in [7, 11) is 2.14.